The zero-order valence-corrected chi connectivity index (χ0v) is 16.6. The van der Waals surface area contributed by atoms with E-state index < -0.39 is 10.0 Å². The van der Waals surface area contributed by atoms with Crippen LogP contribution in [0.3, 0.4) is 0 Å². The first-order chi connectivity index (χ1) is 13.0. The molecule has 3 heterocycles. The van der Waals surface area contributed by atoms with Crippen molar-refractivity contribution in [2.45, 2.75) is 35.2 Å². The standard InChI is InChI=1S/C17H21N3O5S2/c1-2-20-14-4-3-12(27(22,23)19-6-9-24-10-7-19)11-13(14)18-17(20)26-15-5-8-25-16(15)21/h3-4,11,15H,2,5-10H2,1H3. The molecule has 0 saturated carbocycles. The molecule has 27 heavy (non-hydrogen) atoms. The number of carbonyl (C=O) groups is 1. The Kier molecular flexibility index (Phi) is 5.15. The number of aryl methyl sites for hydroxylation is 1. The summed E-state index contributed by atoms with van der Waals surface area (Å²) >= 11 is 1.38. The van der Waals surface area contributed by atoms with Gasteiger partial charge in [0.2, 0.25) is 10.0 Å². The van der Waals surface area contributed by atoms with Gasteiger partial charge in [0.05, 0.1) is 35.7 Å². The first-order valence-electron chi connectivity index (χ1n) is 8.92. The molecular weight excluding hydrogens is 390 g/mol. The van der Waals surface area contributed by atoms with Gasteiger partial charge in [0.15, 0.2) is 5.16 Å². The Morgan fingerprint density at radius 2 is 2.04 bits per heavy atom. The molecular formula is C17H21N3O5S2. The minimum atomic E-state index is -3.57. The highest BCUT2D eigenvalue weighted by molar-refractivity contribution is 8.00. The molecule has 0 spiro atoms. The SMILES string of the molecule is CCn1c(SC2CCOC2=O)nc2cc(S(=O)(=O)N3CCOCC3)ccc21. The van der Waals surface area contributed by atoms with Gasteiger partial charge in [0.25, 0.3) is 0 Å². The van der Waals surface area contributed by atoms with Crippen LogP contribution >= 0.6 is 11.8 Å². The molecule has 1 atom stereocenters. The van der Waals surface area contributed by atoms with Crippen molar-refractivity contribution >= 4 is 38.8 Å². The Balaban J connectivity index is 1.69. The number of ether oxygens (including phenoxy) is 2. The van der Waals surface area contributed by atoms with E-state index in [9.17, 15) is 13.2 Å². The van der Waals surface area contributed by atoms with Crippen LogP contribution in [0, 0.1) is 0 Å². The fourth-order valence-corrected chi connectivity index (χ4v) is 5.86. The molecule has 1 unspecified atom stereocenters. The van der Waals surface area contributed by atoms with Gasteiger partial charge in [-0.05, 0) is 25.1 Å². The predicted molar refractivity (Wildman–Crippen MR) is 100 cm³/mol. The van der Waals surface area contributed by atoms with Crippen LogP contribution in [0.15, 0.2) is 28.3 Å². The molecule has 0 amide bonds. The smallest absolute Gasteiger partial charge is 0.319 e. The van der Waals surface area contributed by atoms with E-state index >= 15 is 0 Å². The predicted octanol–water partition coefficient (Wildman–Crippen LogP) is 1.48. The van der Waals surface area contributed by atoms with Crippen molar-refractivity contribution in [3.8, 4) is 0 Å². The van der Waals surface area contributed by atoms with Gasteiger partial charge in [-0.25, -0.2) is 13.4 Å². The summed E-state index contributed by atoms with van der Waals surface area (Å²) in [6.45, 7) is 4.63. The number of esters is 1. The molecule has 0 aliphatic carbocycles. The first kappa shape index (κ1) is 18.7. The quantitative estimate of drug-likeness (QED) is 0.689. The van der Waals surface area contributed by atoms with Crippen LogP contribution < -0.4 is 0 Å². The third kappa shape index (κ3) is 3.46. The van der Waals surface area contributed by atoms with Crippen molar-refractivity contribution in [3.63, 3.8) is 0 Å². The van der Waals surface area contributed by atoms with E-state index in [2.05, 4.69) is 4.98 Å². The Labute approximate surface area is 161 Å². The molecule has 2 aromatic rings. The van der Waals surface area contributed by atoms with Gasteiger partial charge in [-0.15, -0.1) is 0 Å². The van der Waals surface area contributed by atoms with E-state index in [0.717, 1.165) is 5.52 Å². The number of morpholine rings is 1. The summed E-state index contributed by atoms with van der Waals surface area (Å²) in [6.07, 6.45) is 0.660. The number of cyclic esters (lactones) is 1. The Hall–Kier alpha value is -1.62. The number of fused-ring (bicyclic) bond motifs is 1. The molecule has 10 heteroatoms. The van der Waals surface area contributed by atoms with Crippen molar-refractivity contribution in [1.82, 2.24) is 13.9 Å². The van der Waals surface area contributed by atoms with Gasteiger partial charge >= 0.3 is 5.97 Å². The molecule has 0 N–H and O–H groups in total. The molecule has 2 saturated heterocycles. The molecule has 4 rings (SSSR count). The van der Waals surface area contributed by atoms with E-state index in [4.69, 9.17) is 9.47 Å². The van der Waals surface area contributed by atoms with Gasteiger partial charge in [-0.3, -0.25) is 4.79 Å². The van der Waals surface area contributed by atoms with Gasteiger partial charge < -0.3 is 14.0 Å². The third-order valence-corrected chi connectivity index (χ3v) is 7.87. The fourth-order valence-electron chi connectivity index (χ4n) is 3.29. The number of sulfonamides is 1. The highest BCUT2D eigenvalue weighted by atomic mass is 32.2. The van der Waals surface area contributed by atoms with Crippen LogP contribution in [-0.2, 0) is 30.8 Å². The minimum Gasteiger partial charge on any atom is -0.465 e. The fraction of sp³-hybridized carbons (Fsp3) is 0.529. The molecule has 2 aliphatic rings. The number of aromatic nitrogens is 2. The summed E-state index contributed by atoms with van der Waals surface area (Å²) in [5, 5.41) is 0.445. The minimum absolute atomic E-state index is 0.217. The Morgan fingerprint density at radius 1 is 1.26 bits per heavy atom. The summed E-state index contributed by atoms with van der Waals surface area (Å²) in [5.41, 5.74) is 1.47. The lowest BCUT2D eigenvalue weighted by molar-refractivity contribution is -0.137. The van der Waals surface area contributed by atoms with Crippen molar-refractivity contribution in [2.75, 3.05) is 32.9 Å². The number of rotatable bonds is 5. The zero-order valence-electron chi connectivity index (χ0n) is 15.0. The zero-order chi connectivity index (χ0) is 19.0. The molecule has 2 fully saturated rings. The average molecular weight is 412 g/mol. The molecule has 8 nitrogen and oxygen atoms in total. The van der Waals surface area contributed by atoms with Crippen LogP contribution in [0.5, 0.6) is 0 Å². The molecule has 1 aromatic heterocycles. The van der Waals surface area contributed by atoms with Crippen molar-refractivity contribution in [2.24, 2.45) is 0 Å². The number of carbonyl (C=O) groups excluding carboxylic acids is 1. The average Bonchev–Trinajstić information content (AvgIpc) is 3.24. The molecule has 0 radical (unpaired) electrons. The summed E-state index contributed by atoms with van der Waals surface area (Å²) < 4.78 is 39.5. The van der Waals surface area contributed by atoms with Gasteiger partial charge in [0.1, 0.15) is 5.25 Å². The normalized spacial score (nSPS) is 21.7. The van der Waals surface area contributed by atoms with Crippen LogP contribution in [-0.4, -0.2) is 66.4 Å². The molecule has 1 aromatic carbocycles. The van der Waals surface area contributed by atoms with Gasteiger partial charge in [-0.2, -0.15) is 4.31 Å². The summed E-state index contributed by atoms with van der Waals surface area (Å²) in [5.74, 6) is -0.217. The summed E-state index contributed by atoms with van der Waals surface area (Å²) in [7, 11) is -3.57. The monoisotopic (exact) mass is 411 g/mol. The summed E-state index contributed by atoms with van der Waals surface area (Å²) in [6, 6.07) is 5.03. The lowest BCUT2D eigenvalue weighted by Gasteiger charge is -2.26. The Morgan fingerprint density at radius 3 is 2.70 bits per heavy atom. The number of benzene rings is 1. The molecule has 0 bridgehead atoms. The Bertz CT molecular complexity index is 966. The number of hydrogen-bond acceptors (Lipinski definition) is 7. The first-order valence-corrected chi connectivity index (χ1v) is 11.2. The van der Waals surface area contributed by atoms with Crippen LogP contribution in [0.25, 0.3) is 11.0 Å². The van der Waals surface area contributed by atoms with E-state index in [1.807, 2.05) is 11.5 Å². The van der Waals surface area contributed by atoms with Crippen molar-refractivity contribution < 1.29 is 22.7 Å². The molecule has 2 aliphatic heterocycles. The largest absolute Gasteiger partial charge is 0.465 e. The van der Waals surface area contributed by atoms with E-state index in [1.165, 1.54) is 16.1 Å². The second-order valence-electron chi connectivity index (χ2n) is 6.37. The number of nitrogens with zero attached hydrogens (tertiary/aromatic N) is 3. The number of thioether (sulfide) groups is 1. The van der Waals surface area contributed by atoms with Crippen LogP contribution in [0.1, 0.15) is 13.3 Å². The maximum absolute atomic E-state index is 12.9. The van der Waals surface area contributed by atoms with Crippen LogP contribution in [0.4, 0.5) is 0 Å². The van der Waals surface area contributed by atoms with E-state index in [0.29, 0.717) is 56.5 Å². The second-order valence-corrected chi connectivity index (χ2v) is 9.48. The topological polar surface area (TPSA) is 90.7 Å². The maximum Gasteiger partial charge on any atom is 0.319 e. The molecule has 146 valence electrons. The number of imidazole rings is 1. The van der Waals surface area contributed by atoms with E-state index in [-0.39, 0.29) is 16.1 Å². The summed E-state index contributed by atoms with van der Waals surface area (Å²) in [4.78, 5) is 16.6. The van der Waals surface area contributed by atoms with Gasteiger partial charge in [0, 0.05) is 26.1 Å². The third-order valence-electron chi connectivity index (χ3n) is 4.74. The van der Waals surface area contributed by atoms with Gasteiger partial charge in [-0.1, -0.05) is 11.8 Å². The highest BCUT2D eigenvalue weighted by Crippen LogP contribution is 2.32. The maximum atomic E-state index is 12.9. The lowest BCUT2D eigenvalue weighted by Crippen LogP contribution is -2.40. The second kappa shape index (κ2) is 7.42. The lowest BCUT2D eigenvalue weighted by atomic mass is 10.3. The van der Waals surface area contributed by atoms with Crippen molar-refractivity contribution in [1.29, 1.82) is 0 Å². The van der Waals surface area contributed by atoms with Crippen molar-refractivity contribution in [3.05, 3.63) is 18.2 Å². The highest BCUT2D eigenvalue weighted by Gasteiger charge is 2.30. The van der Waals surface area contributed by atoms with E-state index in [1.54, 1.807) is 18.2 Å². The number of hydrogen-bond donors (Lipinski definition) is 0. The van der Waals surface area contributed by atoms with Crippen LogP contribution in [0.2, 0.25) is 0 Å².